The van der Waals surface area contributed by atoms with Crippen LogP contribution in [0.15, 0.2) is 10.8 Å². The summed E-state index contributed by atoms with van der Waals surface area (Å²) in [6, 6.07) is 0.722. The van der Waals surface area contributed by atoms with Crippen molar-refractivity contribution in [1.29, 1.82) is 0 Å². The van der Waals surface area contributed by atoms with Gasteiger partial charge < -0.3 is 14.5 Å². The molecular formula is C12H18N2O2. The maximum absolute atomic E-state index is 5.55. The monoisotopic (exact) mass is 222 g/mol. The summed E-state index contributed by atoms with van der Waals surface area (Å²) in [5.74, 6) is 1.59. The topological polar surface area (TPSA) is 47.3 Å². The van der Waals surface area contributed by atoms with Crippen LogP contribution in [-0.2, 0) is 11.3 Å². The van der Waals surface area contributed by atoms with Crippen molar-refractivity contribution >= 4 is 0 Å². The highest BCUT2D eigenvalue weighted by Crippen LogP contribution is 2.29. The van der Waals surface area contributed by atoms with Crippen LogP contribution < -0.4 is 5.32 Å². The molecule has 88 valence electrons. The van der Waals surface area contributed by atoms with Crippen LogP contribution in [0.3, 0.4) is 0 Å². The number of hydrogen-bond donors (Lipinski definition) is 1. The average molecular weight is 222 g/mol. The van der Waals surface area contributed by atoms with Gasteiger partial charge in [0.1, 0.15) is 5.76 Å². The molecule has 16 heavy (non-hydrogen) atoms. The van der Waals surface area contributed by atoms with Gasteiger partial charge in [-0.15, -0.1) is 0 Å². The van der Waals surface area contributed by atoms with Gasteiger partial charge in [0.2, 0.25) is 0 Å². The Morgan fingerprint density at radius 3 is 2.81 bits per heavy atom. The number of hydrogen-bond acceptors (Lipinski definition) is 4. The number of nitrogens with one attached hydrogen (secondary N) is 1. The molecule has 1 aromatic rings. The zero-order valence-electron chi connectivity index (χ0n) is 9.45. The molecule has 1 saturated heterocycles. The van der Waals surface area contributed by atoms with Gasteiger partial charge in [0.05, 0.1) is 5.69 Å². The highest BCUT2D eigenvalue weighted by molar-refractivity contribution is 5.13. The van der Waals surface area contributed by atoms with E-state index in [2.05, 4.69) is 10.3 Å². The third-order valence-electron chi connectivity index (χ3n) is 3.40. The first-order valence-corrected chi connectivity index (χ1v) is 6.17. The molecule has 1 aliphatic carbocycles. The first-order chi connectivity index (χ1) is 7.93. The number of rotatable bonds is 4. The first-order valence-electron chi connectivity index (χ1n) is 6.17. The van der Waals surface area contributed by atoms with Crippen molar-refractivity contribution in [1.82, 2.24) is 10.3 Å². The van der Waals surface area contributed by atoms with Crippen molar-refractivity contribution in [3.8, 4) is 0 Å². The Labute approximate surface area is 95.4 Å². The van der Waals surface area contributed by atoms with Gasteiger partial charge >= 0.3 is 0 Å². The summed E-state index contributed by atoms with van der Waals surface area (Å²) in [6.07, 6.45) is 6.32. The summed E-state index contributed by atoms with van der Waals surface area (Å²) in [6.45, 7) is 2.55. The van der Waals surface area contributed by atoms with E-state index >= 15 is 0 Å². The van der Waals surface area contributed by atoms with Crippen molar-refractivity contribution in [2.24, 2.45) is 0 Å². The van der Waals surface area contributed by atoms with E-state index in [1.54, 1.807) is 6.39 Å². The lowest BCUT2D eigenvalue weighted by molar-refractivity contribution is 0.0804. The summed E-state index contributed by atoms with van der Waals surface area (Å²) in [5.41, 5.74) is 1.10. The molecule has 0 bridgehead atoms. The molecule has 0 spiro atoms. The van der Waals surface area contributed by atoms with Gasteiger partial charge in [-0.2, -0.15) is 0 Å². The second kappa shape index (κ2) is 4.55. The number of aromatic nitrogens is 1. The number of oxazole rings is 1. The third-order valence-corrected chi connectivity index (χ3v) is 3.40. The molecule has 4 heteroatoms. The minimum Gasteiger partial charge on any atom is -0.448 e. The SMILES string of the molecule is c1nc(CNC2CC2)c(C2CCOCC2)o1. The van der Waals surface area contributed by atoms with Crippen LogP contribution in [-0.4, -0.2) is 24.2 Å². The fourth-order valence-corrected chi connectivity index (χ4v) is 2.23. The smallest absolute Gasteiger partial charge is 0.181 e. The van der Waals surface area contributed by atoms with Gasteiger partial charge in [-0.1, -0.05) is 0 Å². The van der Waals surface area contributed by atoms with Crippen molar-refractivity contribution in [2.45, 2.75) is 44.2 Å². The Morgan fingerprint density at radius 2 is 2.06 bits per heavy atom. The van der Waals surface area contributed by atoms with E-state index in [-0.39, 0.29) is 0 Å². The summed E-state index contributed by atoms with van der Waals surface area (Å²) in [4.78, 5) is 4.32. The summed E-state index contributed by atoms with van der Waals surface area (Å²) >= 11 is 0. The van der Waals surface area contributed by atoms with E-state index in [1.165, 1.54) is 12.8 Å². The Morgan fingerprint density at radius 1 is 1.25 bits per heavy atom. The molecule has 2 fully saturated rings. The van der Waals surface area contributed by atoms with E-state index in [9.17, 15) is 0 Å². The van der Waals surface area contributed by atoms with Crippen molar-refractivity contribution in [3.05, 3.63) is 17.8 Å². The second-order valence-corrected chi connectivity index (χ2v) is 4.71. The first kappa shape index (κ1) is 10.3. The van der Waals surface area contributed by atoms with Crippen LogP contribution in [0.5, 0.6) is 0 Å². The van der Waals surface area contributed by atoms with Crippen LogP contribution in [0.1, 0.15) is 43.1 Å². The molecule has 0 radical (unpaired) electrons. The molecule has 1 aliphatic heterocycles. The molecule has 4 nitrogen and oxygen atoms in total. The second-order valence-electron chi connectivity index (χ2n) is 4.71. The van der Waals surface area contributed by atoms with E-state index in [1.807, 2.05) is 0 Å². The third kappa shape index (κ3) is 2.28. The molecule has 0 atom stereocenters. The largest absolute Gasteiger partial charge is 0.448 e. The Bertz CT molecular complexity index is 341. The molecule has 2 aliphatic rings. The fraction of sp³-hybridized carbons (Fsp3) is 0.750. The molecule has 0 unspecified atom stereocenters. The maximum atomic E-state index is 5.55. The molecule has 1 saturated carbocycles. The lowest BCUT2D eigenvalue weighted by Gasteiger charge is -2.20. The average Bonchev–Trinajstić information content (AvgIpc) is 3.05. The molecule has 1 aromatic heterocycles. The fourth-order valence-electron chi connectivity index (χ4n) is 2.23. The zero-order valence-corrected chi connectivity index (χ0v) is 9.45. The van der Waals surface area contributed by atoms with Gasteiger partial charge in [0, 0.05) is 31.7 Å². The predicted octanol–water partition coefficient (Wildman–Crippen LogP) is 1.82. The van der Waals surface area contributed by atoms with E-state index in [0.29, 0.717) is 5.92 Å². The van der Waals surface area contributed by atoms with Crippen LogP contribution in [0.25, 0.3) is 0 Å². The quantitative estimate of drug-likeness (QED) is 0.844. The van der Waals surface area contributed by atoms with E-state index in [4.69, 9.17) is 9.15 Å². The number of nitrogens with zero attached hydrogens (tertiary/aromatic N) is 1. The van der Waals surface area contributed by atoms with Crippen LogP contribution in [0, 0.1) is 0 Å². The highest BCUT2D eigenvalue weighted by atomic mass is 16.5. The van der Waals surface area contributed by atoms with Gasteiger partial charge in [-0.25, -0.2) is 4.98 Å². The molecule has 3 rings (SSSR count). The maximum Gasteiger partial charge on any atom is 0.181 e. The van der Waals surface area contributed by atoms with Gasteiger partial charge in [-0.3, -0.25) is 0 Å². The Kier molecular flexibility index (Phi) is 2.93. The lowest BCUT2D eigenvalue weighted by Crippen LogP contribution is -2.19. The molecule has 1 N–H and O–H groups in total. The highest BCUT2D eigenvalue weighted by Gasteiger charge is 2.25. The van der Waals surface area contributed by atoms with Crippen molar-refractivity contribution < 1.29 is 9.15 Å². The van der Waals surface area contributed by atoms with Crippen LogP contribution >= 0.6 is 0 Å². The standard InChI is InChI=1S/C12H18N2O2/c1-2-10(1)13-7-11-12(16-8-14-11)9-3-5-15-6-4-9/h8-10,13H,1-7H2. The lowest BCUT2D eigenvalue weighted by atomic mass is 9.96. The van der Waals surface area contributed by atoms with Crippen molar-refractivity contribution in [2.75, 3.05) is 13.2 Å². The molecule has 0 aromatic carbocycles. The summed E-state index contributed by atoms with van der Waals surface area (Å²) in [7, 11) is 0. The predicted molar refractivity (Wildman–Crippen MR) is 59.2 cm³/mol. The molecular weight excluding hydrogens is 204 g/mol. The Balaban J connectivity index is 1.65. The van der Waals surface area contributed by atoms with E-state index in [0.717, 1.165) is 50.1 Å². The van der Waals surface area contributed by atoms with Crippen LogP contribution in [0.4, 0.5) is 0 Å². The number of ether oxygens (including phenoxy) is 1. The summed E-state index contributed by atoms with van der Waals surface area (Å²) in [5, 5.41) is 3.48. The molecule has 2 heterocycles. The van der Waals surface area contributed by atoms with Gasteiger partial charge in [0.25, 0.3) is 0 Å². The van der Waals surface area contributed by atoms with E-state index < -0.39 is 0 Å². The normalized spacial score (nSPS) is 22.5. The van der Waals surface area contributed by atoms with Crippen molar-refractivity contribution in [3.63, 3.8) is 0 Å². The minimum atomic E-state index is 0.507. The molecule has 0 amide bonds. The summed E-state index contributed by atoms with van der Waals surface area (Å²) < 4.78 is 10.9. The zero-order chi connectivity index (χ0) is 10.8. The van der Waals surface area contributed by atoms with Gasteiger partial charge in [-0.05, 0) is 25.7 Å². The minimum absolute atomic E-state index is 0.507. The van der Waals surface area contributed by atoms with Crippen LogP contribution in [0.2, 0.25) is 0 Å². The van der Waals surface area contributed by atoms with Gasteiger partial charge in [0.15, 0.2) is 6.39 Å². The Hall–Kier alpha value is -0.870.